The summed E-state index contributed by atoms with van der Waals surface area (Å²) in [6, 6.07) is 7.22. The van der Waals surface area contributed by atoms with E-state index in [9.17, 15) is 9.59 Å². The van der Waals surface area contributed by atoms with E-state index in [-0.39, 0.29) is 11.8 Å². The maximum Gasteiger partial charge on any atom is 0.256 e. The van der Waals surface area contributed by atoms with Crippen molar-refractivity contribution >= 4 is 44.1 Å². The van der Waals surface area contributed by atoms with E-state index in [1.54, 1.807) is 19.2 Å². The van der Waals surface area contributed by atoms with Gasteiger partial charge in [-0.2, -0.15) is 0 Å². The Hall–Kier alpha value is -1.66. The minimum absolute atomic E-state index is 0.133. The fourth-order valence-corrected chi connectivity index (χ4v) is 4.81. The topological polar surface area (TPSA) is 58.2 Å². The van der Waals surface area contributed by atoms with Crippen molar-refractivity contribution in [3.63, 3.8) is 0 Å². The van der Waals surface area contributed by atoms with Crippen molar-refractivity contribution in [1.82, 2.24) is 5.32 Å². The second-order valence-electron chi connectivity index (χ2n) is 6.10. The molecule has 0 fully saturated rings. The monoisotopic (exact) mass is 406 g/mol. The molecule has 0 aliphatic heterocycles. The van der Waals surface area contributed by atoms with Gasteiger partial charge < -0.3 is 10.6 Å². The molecule has 0 spiro atoms. The van der Waals surface area contributed by atoms with E-state index in [1.165, 1.54) is 16.2 Å². The molecule has 1 aromatic heterocycles. The maximum absolute atomic E-state index is 12.5. The molecule has 2 N–H and O–H groups in total. The lowest BCUT2D eigenvalue weighted by atomic mass is 9.88. The van der Waals surface area contributed by atoms with Crippen molar-refractivity contribution in [2.75, 3.05) is 12.4 Å². The van der Waals surface area contributed by atoms with E-state index < -0.39 is 0 Å². The van der Waals surface area contributed by atoms with Crippen LogP contribution in [0.15, 0.2) is 28.7 Å². The van der Waals surface area contributed by atoms with E-state index in [1.807, 2.05) is 12.1 Å². The van der Waals surface area contributed by atoms with Gasteiger partial charge in [0.1, 0.15) is 5.00 Å². The highest BCUT2D eigenvalue weighted by molar-refractivity contribution is 9.10. The normalized spacial score (nSPS) is 16.4. The lowest BCUT2D eigenvalue weighted by Gasteiger charge is -2.18. The highest BCUT2D eigenvalue weighted by Crippen LogP contribution is 2.39. The van der Waals surface area contributed by atoms with Gasteiger partial charge in [0.25, 0.3) is 11.8 Å². The number of amides is 2. The quantitative estimate of drug-likeness (QED) is 0.800. The minimum atomic E-state index is -0.201. The Morgan fingerprint density at radius 1 is 1.29 bits per heavy atom. The van der Waals surface area contributed by atoms with Gasteiger partial charge in [-0.25, -0.2) is 0 Å². The number of hydrogen-bond donors (Lipinski definition) is 2. The van der Waals surface area contributed by atoms with Gasteiger partial charge in [-0.3, -0.25) is 9.59 Å². The standard InChI is InChI=1S/C18H19BrN2O2S/c1-10-6-7-13-14(8-10)24-18(15(13)17(23)20-2)21-16(22)11-4-3-5-12(19)9-11/h3-5,9-10H,6-8H2,1-2H3,(H,20,23)(H,21,22)/t10-/m0/s1. The molecule has 0 bridgehead atoms. The molecule has 1 heterocycles. The van der Waals surface area contributed by atoms with Crippen molar-refractivity contribution in [2.45, 2.75) is 26.2 Å². The number of nitrogens with one attached hydrogen (secondary N) is 2. The number of rotatable bonds is 3. The minimum Gasteiger partial charge on any atom is -0.355 e. The van der Waals surface area contributed by atoms with Crippen LogP contribution in [0.5, 0.6) is 0 Å². The van der Waals surface area contributed by atoms with Crippen molar-refractivity contribution in [2.24, 2.45) is 5.92 Å². The van der Waals surface area contributed by atoms with Gasteiger partial charge in [0.05, 0.1) is 5.56 Å². The van der Waals surface area contributed by atoms with Gasteiger partial charge in [-0.05, 0) is 48.9 Å². The summed E-state index contributed by atoms with van der Waals surface area (Å²) >= 11 is 4.91. The second-order valence-corrected chi connectivity index (χ2v) is 8.12. The number of hydrogen-bond acceptors (Lipinski definition) is 3. The number of thiophene rings is 1. The average molecular weight is 407 g/mol. The molecule has 24 heavy (non-hydrogen) atoms. The molecule has 1 aromatic carbocycles. The predicted molar refractivity (Wildman–Crippen MR) is 101 cm³/mol. The first-order valence-corrected chi connectivity index (χ1v) is 9.54. The lowest BCUT2D eigenvalue weighted by Crippen LogP contribution is -2.22. The van der Waals surface area contributed by atoms with Crippen LogP contribution >= 0.6 is 27.3 Å². The Kier molecular flexibility index (Phi) is 5.06. The molecular formula is C18H19BrN2O2S. The predicted octanol–water partition coefficient (Wildman–Crippen LogP) is 4.25. The molecule has 2 aromatic rings. The summed E-state index contributed by atoms with van der Waals surface area (Å²) in [5, 5.41) is 6.29. The third-order valence-electron chi connectivity index (χ3n) is 4.28. The first-order chi connectivity index (χ1) is 11.5. The lowest BCUT2D eigenvalue weighted by molar-refractivity contribution is 0.0963. The van der Waals surface area contributed by atoms with Crippen LogP contribution in [0.2, 0.25) is 0 Å². The summed E-state index contributed by atoms with van der Waals surface area (Å²) in [6.45, 7) is 2.22. The summed E-state index contributed by atoms with van der Waals surface area (Å²) in [6.07, 6.45) is 2.94. The third-order valence-corrected chi connectivity index (χ3v) is 5.94. The molecule has 0 saturated heterocycles. The summed E-state index contributed by atoms with van der Waals surface area (Å²) in [5.74, 6) is 0.280. The average Bonchev–Trinajstić information content (AvgIpc) is 2.90. The Morgan fingerprint density at radius 3 is 2.79 bits per heavy atom. The summed E-state index contributed by atoms with van der Waals surface area (Å²) in [4.78, 5) is 26.1. The van der Waals surface area contributed by atoms with Gasteiger partial charge >= 0.3 is 0 Å². The zero-order chi connectivity index (χ0) is 17.3. The molecule has 126 valence electrons. The molecule has 1 atom stereocenters. The van der Waals surface area contributed by atoms with Crippen LogP contribution in [0.25, 0.3) is 0 Å². The van der Waals surface area contributed by atoms with Crippen LogP contribution in [0, 0.1) is 5.92 Å². The molecular weight excluding hydrogens is 388 g/mol. The van der Waals surface area contributed by atoms with Gasteiger partial charge in [0.15, 0.2) is 0 Å². The number of carbonyl (C=O) groups is 2. The van der Waals surface area contributed by atoms with Gasteiger partial charge in [0, 0.05) is 22.0 Å². The molecule has 0 radical (unpaired) electrons. The SMILES string of the molecule is CNC(=O)c1c(NC(=O)c2cccc(Br)c2)sc2c1CC[C@H](C)C2. The first-order valence-electron chi connectivity index (χ1n) is 7.93. The second kappa shape index (κ2) is 7.07. The number of fused-ring (bicyclic) bond motifs is 1. The van der Waals surface area contributed by atoms with Crippen LogP contribution in [-0.4, -0.2) is 18.9 Å². The van der Waals surface area contributed by atoms with Crippen LogP contribution in [0.3, 0.4) is 0 Å². The Balaban J connectivity index is 1.95. The Bertz CT molecular complexity index is 800. The number of benzene rings is 1. The first kappa shape index (κ1) is 17.2. The summed E-state index contributed by atoms with van der Waals surface area (Å²) in [7, 11) is 1.62. The zero-order valence-corrected chi connectivity index (χ0v) is 16.0. The smallest absolute Gasteiger partial charge is 0.256 e. The number of carbonyl (C=O) groups excluding carboxylic acids is 2. The Morgan fingerprint density at radius 2 is 2.08 bits per heavy atom. The van der Waals surface area contributed by atoms with E-state index in [0.717, 1.165) is 29.3 Å². The van der Waals surface area contributed by atoms with Crippen LogP contribution in [0.1, 0.15) is 44.5 Å². The van der Waals surface area contributed by atoms with Crippen LogP contribution in [-0.2, 0) is 12.8 Å². The van der Waals surface area contributed by atoms with E-state index in [4.69, 9.17) is 0 Å². The number of anilines is 1. The van der Waals surface area contributed by atoms with Crippen molar-refractivity contribution in [3.05, 3.63) is 50.3 Å². The van der Waals surface area contributed by atoms with Crippen LogP contribution in [0.4, 0.5) is 5.00 Å². The fourth-order valence-electron chi connectivity index (χ4n) is 3.01. The Labute approximate surface area is 153 Å². The molecule has 0 saturated carbocycles. The zero-order valence-electron chi connectivity index (χ0n) is 13.6. The van der Waals surface area contributed by atoms with E-state index >= 15 is 0 Å². The molecule has 0 unspecified atom stereocenters. The molecule has 6 heteroatoms. The van der Waals surface area contributed by atoms with Crippen molar-refractivity contribution in [3.8, 4) is 0 Å². The van der Waals surface area contributed by atoms with Crippen LogP contribution < -0.4 is 10.6 Å². The van der Waals surface area contributed by atoms with Crippen molar-refractivity contribution in [1.29, 1.82) is 0 Å². The molecule has 3 rings (SSSR count). The number of halogens is 1. The highest BCUT2D eigenvalue weighted by Gasteiger charge is 2.28. The molecule has 4 nitrogen and oxygen atoms in total. The largest absolute Gasteiger partial charge is 0.355 e. The maximum atomic E-state index is 12.5. The fraction of sp³-hybridized carbons (Fsp3) is 0.333. The molecule has 1 aliphatic rings. The van der Waals surface area contributed by atoms with Gasteiger partial charge in [-0.1, -0.05) is 28.9 Å². The summed E-state index contributed by atoms with van der Waals surface area (Å²) in [5.41, 5.74) is 2.29. The third kappa shape index (κ3) is 3.39. The van der Waals surface area contributed by atoms with Crippen molar-refractivity contribution < 1.29 is 9.59 Å². The molecule has 1 aliphatic carbocycles. The highest BCUT2D eigenvalue weighted by atomic mass is 79.9. The molecule has 2 amide bonds. The van der Waals surface area contributed by atoms with E-state index in [0.29, 0.717) is 22.0 Å². The summed E-state index contributed by atoms with van der Waals surface area (Å²) < 4.78 is 0.848. The van der Waals surface area contributed by atoms with E-state index in [2.05, 4.69) is 33.5 Å². The van der Waals surface area contributed by atoms with Gasteiger partial charge in [-0.15, -0.1) is 11.3 Å². The van der Waals surface area contributed by atoms with Gasteiger partial charge in [0.2, 0.25) is 0 Å².